The fourth-order valence-electron chi connectivity index (χ4n) is 4.61. The second-order valence-corrected chi connectivity index (χ2v) is 8.80. The topological polar surface area (TPSA) is 74.8 Å². The van der Waals surface area contributed by atoms with E-state index >= 15 is 0 Å². The number of carbonyl (C=O) groups excluding carboxylic acids is 4. The molecule has 0 saturated carbocycles. The molecule has 2 aromatic rings. The van der Waals surface area contributed by atoms with Crippen molar-refractivity contribution in [3.05, 3.63) is 70.8 Å². The van der Waals surface area contributed by atoms with Crippen LogP contribution in [0.5, 0.6) is 0 Å². The summed E-state index contributed by atoms with van der Waals surface area (Å²) >= 11 is 0. The first kappa shape index (κ1) is 22.8. The van der Waals surface area contributed by atoms with Gasteiger partial charge in [0, 0.05) is 19.0 Å². The molecule has 2 aliphatic rings. The number of halogens is 2. The van der Waals surface area contributed by atoms with Crippen molar-refractivity contribution >= 4 is 23.5 Å². The normalized spacial score (nSPS) is 17.5. The van der Waals surface area contributed by atoms with Crippen LogP contribution < -0.4 is 0 Å². The molecule has 33 heavy (non-hydrogen) atoms. The van der Waals surface area contributed by atoms with Gasteiger partial charge >= 0.3 is 0 Å². The third kappa shape index (κ3) is 4.05. The molecular formula is C25H24F2N2O4. The monoisotopic (exact) mass is 454 g/mol. The van der Waals surface area contributed by atoms with Crippen LogP contribution in [0.15, 0.2) is 42.5 Å². The van der Waals surface area contributed by atoms with E-state index in [1.165, 1.54) is 0 Å². The number of hydrogen-bond acceptors (Lipinski definition) is 4. The third-order valence-electron chi connectivity index (χ3n) is 6.36. The van der Waals surface area contributed by atoms with E-state index in [0.29, 0.717) is 0 Å². The summed E-state index contributed by atoms with van der Waals surface area (Å²) in [7, 11) is 0. The molecule has 0 aromatic heterocycles. The highest BCUT2D eigenvalue weighted by Gasteiger charge is 2.45. The molecule has 0 aliphatic carbocycles. The van der Waals surface area contributed by atoms with E-state index in [4.69, 9.17) is 0 Å². The molecule has 0 spiro atoms. The molecule has 0 N–H and O–H groups in total. The summed E-state index contributed by atoms with van der Waals surface area (Å²) in [5.41, 5.74) is 0.274. The minimum Gasteiger partial charge on any atom is -0.341 e. The number of rotatable bonds is 5. The Balaban J connectivity index is 1.48. The van der Waals surface area contributed by atoms with Gasteiger partial charge in [0.25, 0.3) is 11.8 Å². The zero-order valence-corrected chi connectivity index (χ0v) is 18.4. The number of fused-ring (bicyclic) bond motifs is 1. The smallest absolute Gasteiger partial charge is 0.262 e. The summed E-state index contributed by atoms with van der Waals surface area (Å²) in [4.78, 5) is 54.5. The lowest BCUT2D eigenvalue weighted by molar-refractivity contribution is -0.138. The number of ketones is 1. The van der Waals surface area contributed by atoms with Crippen LogP contribution in [-0.2, 0) is 4.79 Å². The fraction of sp³-hybridized carbons (Fsp3) is 0.360. The van der Waals surface area contributed by atoms with Crippen LogP contribution >= 0.6 is 0 Å². The minimum atomic E-state index is -0.967. The summed E-state index contributed by atoms with van der Waals surface area (Å²) < 4.78 is 27.5. The zero-order chi connectivity index (χ0) is 23.9. The summed E-state index contributed by atoms with van der Waals surface area (Å²) in [6.45, 7) is 3.99. The van der Waals surface area contributed by atoms with Crippen LogP contribution in [0.4, 0.5) is 8.78 Å². The van der Waals surface area contributed by atoms with Gasteiger partial charge in [-0.15, -0.1) is 0 Å². The van der Waals surface area contributed by atoms with Gasteiger partial charge in [-0.05, 0) is 49.1 Å². The molecular weight excluding hydrogens is 430 g/mol. The average Bonchev–Trinajstić information content (AvgIpc) is 3.05. The Morgan fingerprint density at radius 2 is 1.52 bits per heavy atom. The van der Waals surface area contributed by atoms with Crippen LogP contribution in [0.1, 0.15) is 57.8 Å². The number of carbonyl (C=O) groups is 4. The van der Waals surface area contributed by atoms with Crippen LogP contribution in [0.25, 0.3) is 0 Å². The van der Waals surface area contributed by atoms with Crippen molar-refractivity contribution in [3.63, 3.8) is 0 Å². The fourth-order valence-corrected chi connectivity index (χ4v) is 4.61. The number of benzene rings is 2. The highest BCUT2D eigenvalue weighted by Crippen LogP contribution is 2.30. The summed E-state index contributed by atoms with van der Waals surface area (Å²) in [5.74, 6) is -4.15. The van der Waals surface area contributed by atoms with Gasteiger partial charge < -0.3 is 4.90 Å². The van der Waals surface area contributed by atoms with E-state index in [9.17, 15) is 28.0 Å². The molecule has 1 saturated heterocycles. The molecule has 0 radical (unpaired) electrons. The van der Waals surface area contributed by atoms with Gasteiger partial charge in [-0.25, -0.2) is 8.78 Å². The maximum absolute atomic E-state index is 14.0. The molecule has 2 heterocycles. The average molecular weight is 454 g/mol. The number of amides is 3. The SMILES string of the molecule is CC(C)C(C(=O)N1CCC(C(=O)c2cc(F)ccc2F)CC1)N1C(=O)c2ccccc2C1=O. The van der Waals surface area contributed by atoms with Gasteiger partial charge in [0.2, 0.25) is 5.91 Å². The van der Waals surface area contributed by atoms with E-state index in [1.54, 1.807) is 43.0 Å². The molecule has 2 aliphatic heterocycles. The first-order chi connectivity index (χ1) is 15.7. The van der Waals surface area contributed by atoms with Gasteiger partial charge in [0.15, 0.2) is 5.78 Å². The van der Waals surface area contributed by atoms with Crippen molar-refractivity contribution in [2.45, 2.75) is 32.7 Å². The molecule has 6 nitrogen and oxygen atoms in total. The quantitative estimate of drug-likeness (QED) is 0.510. The van der Waals surface area contributed by atoms with Crippen molar-refractivity contribution in [1.82, 2.24) is 9.80 Å². The summed E-state index contributed by atoms with van der Waals surface area (Å²) in [6.07, 6.45) is 0.570. The molecule has 1 unspecified atom stereocenters. The molecule has 1 fully saturated rings. The van der Waals surface area contributed by atoms with Crippen molar-refractivity contribution in [2.24, 2.45) is 11.8 Å². The van der Waals surface area contributed by atoms with Crippen LogP contribution in [-0.4, -0.2) is 52.4 Å². The highest BCUT2D eigenvalue weighted by atomic mass is 19.1. The standard InChI is InChI=1S/C25H24F2N2O4/c1-14(2)21(29-23(31)17-5-3-4-6-18(17)24(29)32)25(33)28-11-9-15(10-12-28)22(30)19-13-16(26)7-8-20(19)27/h3-8,13-15,21H,9-12H2,1-2H3. The lowest BCUT2D eigenvalue weighted by Gasteiger charge is -2.37. The third-order valence-corrected chi connectivity index (χ3v) is 6.36. The van der Waals surface area contributed by atoms with Gasteiger partial charge in [-0.2, -0.15) is 0 Å². The molecule has 3 amide bonds. The molecule has 172 valence electrons. The molecule has 8 heteroatoms. The van der Waals surface area contributed by atoms with E-state index in [1.807, 2.05) is 0 Å². The molecule has 4 rings (SSSR count). The van der Waals surface area contributed by atoms with E-state index in [-0.39, 0.29) is 54.4 Å². The maximum Gasteiger partial charge on any atom is 0.262 e. The van der Waals surface area contributed by atoms with Crippen molar-refractivity contribution < 1.29 is 28.0 Å². The lowest BCUT2D eigenvalue weighted by atomic mass is 9.88. The van der Waals surface area contributed by atoms with Gasteiger partial charge in [0.05, 0.1) is 16.7 Å². The number of hydrogen-bond donors (Lipinski definition) is 0. The highest BCUT2D eigenvalue weighted by molar-refractivity contribution is 6.22. The number of likely N-dealkylation sites (tertiary alicyclic amines) is 1. The van der Waals surface area contributed by atoms with Crippen LogP contribution in [0, 0.1) is 23.5 Å². The number of nitrogens with zero attached hydrogens (tertiary/aromatic N) is 2. The van der Waals surface area contributed by atoms with Crippen molar-refractivity contribution in [2.75, 3.05) is 13.1 Å². The first-order valence-corrected chi connectivity index (χ1v) is 11.0. The lowest BCUT2D eigenvalue weighted by Crippen LogP contribution is -2.55. The Hall–Kier alpha value is -3.42. The maximum atomic E-state index is 14.0. The summed E-state index contributed by atoms with van der Waals surface area (Å²) in [5, 5.41) is 0. The Kier molecular flexibility index (Phi) is 6.10. The Morgan fingerprint density at radius 3 is 2.06 bits per heavy atom. The Morgan fingerprint density at radius 1 is 0.939 bits per heavy atom. The number of piperidine rings is 1. The van der Waals surface area contributed by atoms with Crippen molar-refractivity contribution in [3.8, 4) is 0 Å². The molecule has 1 atom stereocenters. The van der Waals surface area contributed by atoms with Crippen LogP contribution in [0.2, 0.25) is 0 Å². The van der Waals surface area contributed by atoms with E-state index in [0.717, 1.165) is 23.1 Å². The van der Waals surface area contributed by atoms with Crippen LogP contribution in [0.3, 0.4) is 0 Å². The van der Waals surface area contributed by atoms with Gasteiger partial charge in [0.1, 0.15) is 17.7 Å². The number of imide groups is 1. The molecule has 2 aromatic carbocycles. The predicted molar refractivity (Wildman–Crippen MR) is 116 cm³/mol. The second-order valence-electron chi connectivity index (χ2n) is 8.80. The Bertz CT molecular complexity index is 1100. The zero-order valence-electron chi connectivity index (χ0n) is 18.4. The largest absolute Gasteiger partial charge is 0.341 e. The van der Waals surface area contributed by atoms with Gasteiger partial charge in [-0.1, -0.05) is 26.0 Å². The Labute approximate surface area is 190 Å². The van der Waals surface area contributed by atoms with Gasteiger partial charge in [-0.3, -0.25) is 24.1 Å². The first-order valence-electron chi connectivity index (χ1n) is 11.0. The summed E-state index contributed by atoms with van der Waals surface area (Å²) in [6, 6.07) is 8.29. The van der Waals surface area contributed by atoms with E-state index < -0.39 is 41.2 Å². The van der Waals surface area contributed by atoms with E-state index in [2.05, 4.69) is 0 Å². The molecule has 0 bridgehead atoms. The second kappa shape index (κ2) is 8.84. The number of Topliss-reactive ketones (excluding diaryl/α,β-unsaturated/α-hetero) is 1. The van der Waals surface area contributed by atoms with Crippen molar-refractivity contribution in [1.29, 1.82) is 0 Å². The predicted octanol–water partition coefficient (Wildman–Crippen LogP) is 3.71. The minimum absolute atomic E-state index is 0.221.